The van der Waals surface area contributed by atoms with Crippen LogP contribution in [0.15, 0.2) is 105 Å². The SMILES string of the molecule is CN1C(=CC2=C([O-])C(=CC3=[N+](C)c4ccc5cc(S(=O)(=O)[O-])ccc5c4C3(C)C)C2=O)C(C)(C)c2c1ccc1cc(SOO[O-])ccc21. The zero-order valence-corrected chi connectivity index (χ0v) is 28.5. The van der Waals surface area contributed by atoms with Gasteiger partial charge in [0, 0.05) is 57.6 Å². The number of rotatable bonds is 6. The maximum atomic E-state index is 13.7. The number of benzene rings is 4. The molecule has 246 valence electrons. The van der Waals surface area contributed by atoms with Gasteiger partial charge >= 0.3 is 0 Å². The van der Waals surface area contributed by atoms with E-state index >= 15 is 0 Å². The summed E-state index contributed by atoms with van der Waals surface area (Å²) in [7, 11) is -0.828. The van der Waals surface area contributed by atoms with Crippen molar-refractivity contribution >= 4 is 66.6 Å². The molecule has 0 radical (unpaired) electrons. The highest BCUT2D eigenvalue weighted by molar-refractivity contribution is 7.94. The number of hydrogen-bond donors (Lipinski definition) is 0. The summed E-state index contributed by atoms with van der Waals surface area (Å²) in [5.74, 6) is -0.662. The lowest BCUT2D eigenvalue weighted by Gasteiger charge is -2.32. The highest BCUT2D eigenvalue weighted by Gasteiger charge is 2.46. The van der Waals surface area contributed by atoms with Gasteiger partial charge in [0.15, 0.2) is 11.5 Å². The predicted molar refractivity (Wildman–Crippen MR) is 177 cm³/mol. The topological polar surface area (TPSA) is 145 Å². The molecule has 3 aliphatic rings. The van der Waals surface area contributed by atoms with Gasteiger partial charge in [-0.1, -0.05) is 37.8 Å². The van der Waals surface area contributed by atoms with Crippen molar-refractivity contribution in [3.63, 3.8) is 0 Å². The molecule has 0 saturated carbocycles. The van der Waals surface area contributed by atoms with Crippen LogP contribution in [0.25, 0.3) is 21.5 Å². The van der Waals surface area contributed by atoms with Crippen molar-refractivity contribution in [1.29, 1.82) is 0 Å². The highest BCUT2D eigenvalue weighted by atomic mass is 32.2. The summed E-state index contributed by atoms with van der Waals surface area (Å²) in [6.45, 7) is 8.10. The third-order valence-corrected chi connectivity index (χ3v) is 11.3. The molecule has 2 aliphatic heterocycles. The number of ketones is 1. The second kappa shape index (κ2) is 10.9. The normalized spacial score (nSPS) is 20.0. The summed E-state index contributed by atoms with van der Waals surface area (Å²) in [5.41, 5.74) is 4.37. The summed E-state index contributed by atoms with van der Waals surface area (Å²) >= 11 is 0.823. The van der Waals surface area contributed by atoms with Crippen molar-refractivity contribution in [2.75, 3.05) is 19.0 Å². The first kappa shape index (κ1) is 32.3. The number of hydrogen-bond acceptors (Lipinski definition) is 10. The fraction of sp³-hybridized carbons (Fsp3) is 0.222. The summed E-state index contributed by atoms with van der Waals surface area (Å²) in [5, 5.41) is 30.7. The lowest BCUT2D eigenvalue weighted by atomic mass is 9.76. The molecule has 0 aromatic heterocycles. The van der Waals surface area contributed by atoms with Crippen LogP contribution in [0, 0.1) is 0 Å². The minimum atomic E-state index is -4.62. The number of Topliss-reactive ketones (excluding diaryl/α,β-unsaturated/α-hetero) is 1. The molecule has 0 atom stereocenters. The number of fused-ring (bicyclic) bond motifs is 6. The molecule has 10 nitrogen and oxygen atoms in total. The molecule has 2 heterocycles. The fourth-order valence-corrected chi connectivity index (χ4v) is 8.52. The molecular weight excluding hydrogens is 653 g/mol. The number of likely N-dealkylation sites (N-methyl/N-ethyl adjacent to an activating group) is 1. The van der Waals surface area contributed by atoms with Crippen LogP contribution >= 0.6 is 12.0 Å². The van der Waals surface area contributed by atoms with E-state index in [1.54, 1.807) is 24.3 Å². The monoisotopic (exact) mass is 682 g/mol. The Balaban J connectivity index is 1.25. The second-order valence-corrected chi connectivity index (χ2v) is 15.4. The van der Waals surface area contributed by atoms with Gasteiger partial charge in [-0.15, -0.1) is 0 Å². The number of anilines is 1. The van der Waals surface area contributed by atoms with Gasteiger partial charge in [0.2, 0.25) is 5.69 Å². The Morgan fingerprint density at radius 2 is 1.56 bits per heavy atom. The zero-order chi connectivity index (χ0) is 34.5. The van der Waals surface area contributed by atoms with Gasteiger partial charge < -0.3 is 19.8 Å². The largest absolute Gasteiger partial charge is 0.871 e. The smallest absolute Gasteiger partial charge is 0.210 e. The maximum Gasteiger partial charge on any atom is 0.210 e. The average Bonchev–Trinajstić information content (AvgIpc) is 3.36. The van der Waals surface area contributed by atoms with E-state index in [1.807, 2.05) is 73.8 Å². The first-order valence-corrected chi connectivity index (χ1v) is 17.2. The van der Waals surface area contributed by atoms with E-state index in [2.05, 4.69) is 23.2 Å². The second-order valence-electron chi connectivity index (χ2n) is 13.3. The molecule has 0 fully saturated rings. The molecule has 4 aromatic rings. The zero-order valence-electron chi connectivity index (χ0n) is 26.9. The maximum absolute atomic E-state index is 13.7. The van der Waals surface area contributed by atoms with Crippen LogP contribution in [-0.4, -0.2) is 43.1 Å². The highest BCUT2D eigenvalue weighted by Crippen LogP contribution is 2.51. The molecule has 12 heteroatoms. The first-order valence-electron chi connectivity index (χ1n) is 15.1. The molecule has 0 bridgehead atoms. The van der Waals surface area contributed by atoms with Crippen molar-refractivity contribution < 1.29 is 42.1 Å². The van der Waals surface area contributed by atoms with Gasteiger partial charge in [-0.2, -0.15) is 8.91 Å². The van der Waals surface area contributed by atoms with Crippen molar-refractivity contribution in [2.45, 2.75) is 48.3 Å². The van der Waals surface area contributed by atoms with Crippen LogP contribution < -0.4 is 15.3 Å². The first-order chi connectivity index (χ1) is 22.6. The van der Waals surface area contributed by atoms with E-state index in [9.17, 15) is 28.1 Å². The van der Waals surface area contributed by atoms with Crippen LogP contribution in [0.1, 0.15) is 38.8 Å². The number of carbonyl (C=O) groups excluding carboxylic acids is 1. The Bertz CT molecular complexity index is 2370. The van der Waals surface area contributed by atoms with Gasteiger partial charge in [0.25, 0.3) is 0 Å². The van der Waals surface area contributed by atoms with Crippen LogP contribution in [0.3, 0.4) is 0 Å². The van der Waals surface area contributed by atoms with Crippen LogP contribution in [0.4, 0.5) is 11.4 Å². The third-order valence-electron chi connectivity index (χ3n) is 9.90. The molecule has 0 amide bonds. The number of allylic oxidation sites excluding steroid dienone is 5. The Kier molecular flexibility index (Phi) is 7.30. The quantitative estimate of drug-likeness (QED) is 0.0708. The molecule has 1 aliphatic carbocycles. The molecule has 0 spiro atoms. The standard InChI is InChI=1S/C36H32N2O8S2/c1-35(2)29(37(5)27-13-7-19-15-21(47-46-45-41)9-11-23(19)31(27)35)17-25-33(39)26(34(25)40)18-30-36(3,4)32-24-12-10-22(48(42,43)44)16-20(24)8-14-28(32)38(30)6/h7-18H,1-6H3,(H2-,39,41,42,43,44)/p-2. The Labute approximate surface area is 281 Å². The van der Waals surface area contributed by atoms with Gasteiger partial charge in [0.1, 0.15) is 17.2 Å². The third kappa shape index (κ3) is 4.66. The van der Waals surface area contributed by atoms with E-state index in [-0.39, 0.29) is 27.6 Å². The molecule has 0 saturated heterocycles. The Morgan fingerprint density at radius 3 is 2.25 bits per heavy atom. The lowest BCUT2D eigenvalue weighted by Crippen LogP contribution is -2.34. The van der Waals surface area contributed by atoms with E-state index in [1.165, 1.54) is 12.1 Å². The minimum absolute atomic E-state index is 0.101. The minimum Gasteiger partial charge on any atom is -0.871 e. The van der Waals surface area contributed by atoms with E-state index in [4.69, 9.17) is 0 Å². The summed E-state index contributed by atoms with van der Waals surface area (Å²) in [4.78, 5) is 16.1. The van der Waals surface area contributed by atoms with Crippen molar-refractivity contribution in [1.82, 2.24) is 0 Å². The van der Waals surface area contributed by atoms with Gasteiger partial charge in [-0.3, -0.25) is 9.83 Å². The van der Waals surface area contributed by atoms with Gasteiger partial charge in [-0.25, -0.2) is 8.42 Å². The van der Waals surface area contributed by atoms with Crippen molar-refractivity contribution in [2.24, 2.45) is 0 Å². The molecule has 4 aromatic carbocycles. The Hall–Kier alpha value is -4.30. The fourth-order valence-electron chi connectivity index (χ4n) is 7.60. The summed E-state index contributed by atoms with van der Waals surface area (Å²) in [6, 6.07) is 17.6. The van der Waals surface area contributed by atoms with Crippen molar-refractivity contribution in [3.8, 4) is 0 Å². The van der Waals surface area contributed by atoms with E-state index in [0.29, 0.717) is 10.3 Å². The molecule has 7 rings (SSSR count). The summed E-state index contributed by atoms with van der Waals surface area (Å²) < 4.78 is 41.3. The average molecular weight is 683 g/mol. The van der Waals surface area contributed by atoms with E-state index < -0.39 is 20.9 Å². The molecule has 0 unspecified atom stereocenters. The summed E-state index contributed by atoms with van der Waals surface area (Å²) in [6.07, 6.45) is 3.37. The lowest BCUT2D eigenvalue weighted by molar-refractivity contribution is -0.777. The molecule has 0 N–H and O–H groups in total. The van der Waals surface area contributed by atoms with Crippen molar-refractivity contribution in [3.05, 3.63) is 107 Å². The number of nitrogens with zero attached hydrogens (tertiary/aromatic N) is 2. The molecular formula is C36H30N2O8S2-2. The number of carbonyl (C=O) groups is 1. The van der Waals surface area contributed by atoms with Crippen LogP contribution in [-0.2, 0) is 35.1 Å². The van der Waals surface area contributed by atoms with Gasteiger partial charge in [0.05, 0.1) is 22.4 Å². The predicted octanol–water partition coefficient (Wildman–Crippen LogP) is 4.57. The Morgan fingerprint density at radius 1 is 0.896 bits per heavy atom. The van der Waals surface area contributed by atoms with Gasteiger partial charge in [-0.05, 0) is 83.4 Å². The van der Waals surface area contributed by atoms with Crippen LogP contribution in [0.5, 0.6) is 0 Å². The van der Waals surface area contributed by atoms with E-state index in [0.717, 1.165) is 62.1 Å². The van der Waals surface area contributed by atoms with Crippen LogP contribution in [0.2, 0.25) is 0 Å². The molecule has 48 heavy (non-hydrogen) atoms.